The molecule has 140 valence electrons. The highest BCUT2D eigenvalue weighted by Gasteiger charge is 2.15. The Balaban J connectivity index is 1.37. The van der Waals surface area contributed by atoms with E-state index in [1.54, 1.807) is 17.4 Å². The molecule has 0 bridgehead atoms. The maximum Gasteiger partial charge on any atom is 0.234 e. The average Bonchev–Trinajstić information content (AvgIpc) is 3.24. The van der Waals surface area contributed by atoms with E-state index >= 15 is 0 Å². The lowest BCUT2D eigenvalue weighted by atomic mass is 10.2. The number of fused-ring (bicyclic) bond motifs is 1. The molecule has 0 atom stereocenters. The van der Waals surface area contributed by atoms with E-state index in [0.29, 0.717) is 35.6 Å². The topological polar surface area (TPSA) is 78.3 Å². The van der Waals surface area contributed by atoms with Gasteiger partial charge >= 0.3 is 0 Å². The van der Waals surface area contributed by atoms with Gasteiger partial charge in [-0.25, -0.2) is 0 Å². The molecule has 0 spiro atoms. The van der Waals surface area contributed by atoms with E-state index in [0.717, 1.165) is 17.1 Å². The number of nitrogens with one attached hydrogen (secondary N) is 1. The Morgan fingerprint density at radius 3 is 2.93 bits per heavy atom. The molecule has 1 amide bonds. The van der Waals surface area contributed by atoms with E-state index in [1.807, 2.05) is 41.3 Å². The molecule has 0 unspecified atom stereocenters. The number of nitrogens with zero attached hydrogens (tertiary/aromatic N) is 3. The largest absolute Gasteiger partial charge is 0.490 e. The number of carbonyl (C=O) groups is 1. The van der Waals surface area contributed by atoms with E-state index in [4.69, 9.17) is 9.47 Å². The maximum atomic E-state index is 12.3. The van der Waals surface area contributed by atoms with Crippen LogP contribution in [0, 0.1) is 0 Å². The molecular formula is C18H18N4O3S2. The van der Waals surface area contributed by atoms with Crippen LogP contribution in [0.5, 0.6) is 11.5 Å². The standard InChI is InChI=1S/C18H18N4O3S2/c1-22-17(15-4-2-9-26-15)20-21-18(22)27-11-16(23)19-12-5-6-13-14(10-12)25-8-3-7-24-13/h2,4-6,9-10H,3,7-8,11H2,1H3,(H,19,23). The Kier molecular flexibility index (Phi) is 5.30. The summed E-state index contributed by atoms with van der Waals surface area (Å²) in [6.45, 7) is 1.25. The van der Waals surface area contributed by atoms with Crippen LogP contribution in [0.15, 0.2) is 40.9 Å². The van der Waals surface area contributed by atoms with Crippen LogP contribution >= 0.6 is 23.1 Å². The molecule has 7 nitrogen and oxygen atoms in total. The van der Waals surface area contributed by atoms with E-state index in [-0.39, 0.29) is 11.7 Å². The van der Waals surface area contributed by atoms with Crippen LogP contribution in [-0.4, -0.2) is 39.6 Å². The number of carbonyl (C=O) groups excluding carboxylic acids is 1. The Labute approximate surface area is 164 Å². The monoisotopic (exact) mass is 402 g/mol. The van der Waals surface area contributed by atoms with Gasteiger partial charge in [-0.15, -0.1) is 21.5 Å². The predicted molar refractivity (Wildman–Crippen MR) is 106 cm³/mol. The lowest BCUT2D eigenvalue weighted by Crippen LogP contribution is -2.14. The van der Waals surface area contributed by atoms with E-state index < -0.39 is 0 Å². The highest BCUT2D eigenvalue weighted by Crippen LogP contribution is 2.32. The Bertz CT molecular complexity index is 940. The summed E-state index contributed by atoms with van der Waals surface area (Å²) in [6.07, 6.45) is 0.845. The summed E-state index contributed by atoms with van der Waals surface area (Å²) in [7, 11) is 1.90. The fourth-order valence-electron chi connectivity index (χ4n) is 2.63. The second-order valence-corrected chi connectivity index (χ2v) is 7.78. The van der Waals surface area contributed by atoms with Gasteiger partial charge in [-0.1, -0.05) is 17.8 Å². The second-order valence-electron chi connectivity index (χ2n) is 5.89. The second kappa shape index (κ2) is 8.01. The summed E-state index contributed by atoms with van der Waals surface area (Å²) in [4.78, 5) is 13.4. The first-order valence-electron chi connectivity index (χ1n) is 8.46. The average molecular weight is 403 g/mol. The molecule has 0 saturated heterocycles. The predicted octanol–water partition coefficient (Wildman–Crippen LogP) is 3.44. The molecule has 4 rings (SSSR count). The highest BCUT2D eigenvalue weighted by atomic mass is 32.2. The van der Waals surface area contributed by atoms with Gasteiger partial charge in [-0.05, 0) is 23.6 Å². The van der Waals surface area contributed by atoms with Gasteiger partial charge in [0.15, 0.2) is 22.5 Å². The van der Waals surface area contributed by atoms with Crippen molar-refractivity contribution in [3.63, 3.8) is 0 Å². The van der Waals surface area contributed by atoms with E-state index in [2.05, 4.69) is 15.5 Å². The van der Waals surface area contributed by atoms with Crippen LogP contribution in [0.25, 0.3) is 10.7 Å². The molecule has 1 aliphatic rings. The molecule has 1 N–H and O–H groups in total. The van der Waals surface area contributed by atoms with Crippen molar-refractivity contribution in [3.8, 4) is 22.2 Å². The van der Waals surface area contributed by atoms with Crippen molar-refractivity contribution < 1.29 is 14.3 Å². The van der Waals surface area contributed by atoms with Gasteiger partial charge in [-0.3, -0.25) is 4.79 Å². The van der Waals surface area contributed by atoms with Gasteiger partial charge in [-0.2, -0.15) is 0 Å². The lowest BCUT2D eigenvalue weighted by Gasteiger charge is -2.10. The van der Waals surface area contributed by atoms with E-state index in [9.17, 15) is 4.79 Å². The van der Waals surface area contributed by atoms with Crippen molar-refractivity contribution in [1.29, 1.82) is 0 Å². The number of thioether (sulfide) groups is 1. The molecular weight excluding hydrogens is 384 g/mol. The van der Waals surface area contributed by atoms with Gasteiger partial charge in [0.05, 0.1) is 23.8 Å². The molecule has 27 heavy (non-hydrogen) atoms. The molecule has 0 fully saturated rings. The summed E-state index contributed by atoms with van der Waals surface area (Å²) >= 11 is 2.96. The van der Waals surface area contributed by atoms with Crippen molar-refractivity contribution in [1.82, 2.24) is 14.8 Å². The normalized spacial score (nSPS) is 13.2. The molecule has 3 heterocycles. The Hall–Kier alpha value is -2.52. The zero-order valence-corrected chi connectivity index (χ0v) is 16.3. The number of anilines is 1. The molecule has 1 aromatic carbocycles. The third kappa shape index (κ3) is 4.09. The van der Waals surface area contributed by atoms with Crippen molar-refractivity contribution in [3.05, 3.63) is 35.7 Å². The smallest absolute Gasteiger partial charge is 0.234 e. The summed E-state index contributed by atoms with van der Waals surface area (Å²) in [5, 5.41) is 14.0. The van der Waals surface area contributed by atoms with Crippen LogP contribution in [0.1, 0.15) is 6.42 Å². The number of hydrogen-bond acceptors (Lipinski definition) is 7. The van der Waals surface area contributed by atoms with Gasteiger partial charge in [0.1, 0.15) is 0 Å². The van der Waals surface area contributed by atoms with Gasteiger partial charge < -0.3 is 19.4 Å². The van der Waals surface area contributed by atoms with Crippen LogP contribution in [0.3, 0.4) is 0 Å². The number of aromatic nitrogens is 3. The van der Waals surface area contributed by atoms with E-state index in [1.165, 1.54) is 11.8 Å². The Morgan fingerprint density at radius 2 is 2.11 bits per heavy atom. The first kappa shape index (κ1) is 17.9. The van der Waals surface area contributed by atoms with Crippen molar-refractivity contribution in [2.75, 3.05) is 24.3 Å². The van der Waals surface area contributed by atoms with Gasteiger partial charge in [0.2, 0.25) is 5.91 Å². The number of rotatable bonds is 5. The highest BCUT2D eigenvalue weighted by molar-refractivity contribution is 7.99. The number of hydrogen-bond donors (Lipinski definition) is 1. The molecule has 3 aromatic rings. The van der Waals surface area contributed by atoms with Crippen molar-refractivity contribution >= 4 is 34.7 Å². The number of benzene rings is 1. The summed E-state index contributed by atoms with van der Waals surface area (Å²) in [6, 6.07) is 9.40. The molecule has 9 heteroatoms. The third-order valence-corrected chi connectivity index (χ3v) is 5.83. The Morgan fingerprint density at radius 1 is 1.26 bits per heavy atom. The van der Waals surface area contributed by atoms with Crippen LogP contribution < -0.4 is 14.8 Å². The first-order valence-corrected chi connectivity index (χ1v) is 10.3. The van der Waals surface area contributed by atoms with Gasteiger partial charge in [0, 0.05) is 25.2 Å². The van der Waals surface area contributed by atoms with Crippen LogP contribution in [-0.2, 0) is 11.8 Å². The molecule has 0 saturated carbocycles. The zero-order valence-electron chi connectivity index (χ0n) is 14.7. The fourth-order valence-corrected chi connectivity index (χ4v) is 4.08. The number of amides is 1. The van der Waals surface area contributed by atoms with Crippen LogP contribution in [0.4, 0.5) is 5.69 Å². The molecule has 0 radical (unpaired) electrons. The zero-order chi connectivity index (χ0) is 18.6. The third-order valence-electron chi connectivity index (χ3n) is 3.94. The van der Waals surface area contributed by atoms with Crippen molar-refractivity contribution in [2.45, 2.75) is 11.6 Å². The number of thiophene rings is 1. The minimum atomic E-state index is -0.116. The first-order chi connectivity index (χ1) is 13.2. The summed E-state index contributed by atoms with van der Waals surface area (Å²) in [5.41, 5.74) is 0.682. The quantitative estimate of drug-likeness (QED) is 0.659. The SMILES string of the molecule is Cn1c(SCC(=O)Nc2ccc3c(c2)OCCCO3)nnc1-c1cccs1. The number of ether oxygens (including phenoxy) is 2. The van der Waals surface area contributed by atoms with Gasteiger partial charge in [0.25, 0.3) is 0 Å². The minimum absolute atomic E-state index is 0.116. The van der Waals surface area contributed by atoms with Crippen molar-refractivity contribution in [2.24, 2.45) is 7.05 Å². The molecule has 1 aliphatic heterocycles. The lowest BCUT2D eigenvalue weighted by molar-refractivity contribution is -0.113. The molecule has 2 aromatic heterocycles. The fraction of sp³-hybridized carbons (Fsp3) is 0.278. The minimum Gasteiger partial charge on any atom is -0.490 e. The maximum absolute atomic E-state index is 12.3. The summed E-state index contributed by atoms with van der Waals surface area (Å²) in [5.74, 6) is 2.29. The summed E-state index contributed by atoms with van der Waals surface area (Å²) < 4.78 is 13.2. The van der Waals surface area contributed by atoms with Crippen LogP contribution in [0.2, 0.25) is 0 Å². The molecule has 0 aliphatic carbocycles.